The van der Waals surface area contributed by atoms with E-state index in [2.05, 4.69) is 25.8 Å². The van der Waals surface area contributed by atoms with Crippen molar-refractivity contribution in [1.29, 1.82) is 0 Å². The quantitative estimate of drug-likeness (QED) is 0.737. The number of hydrogen-bond acceptors (Lipinski definition) is 4. The number of anilines is 1. The Hall–Kier alpha value is -2.58. The number of fused-ring (bicyclic) bond motifs is 1. The van der Waals surface area contributed by atoms with E-state index in [1.165, 1.54) is 7.11 Å². The second-order valence-corrected chi connectivity index (χ2v) is 5.71. The van der Waals surface area contributed by atoms with Gasteiger partial charge in [0.1, 0.15) is 0 Å². The summed E-state index contributed by atoms with van der Waals surface area (Å²) in [4.78, 5) is 30.6. The molecule has 1 aliphatic heterocycles. The number of nitrogens with one attached hydrogen (secondary N) is 3. The molecule has 2 aromatic rings. The number of nitrogens with zero attached hydrogens (tertiary/aromatic N) is 2. The molecule has 1 aromatic heterocycles. The standard InChI is InChI=1S/C15H16ClN5O3/c1-24-20-14(22)13-11-8-21(6-5-12(11)18-19-13)15(23)17-10-4-2-3-9(16)7-10/h2-4,7H,5-6,8H2,1H3,(H,17,23)(H,18,19)(H,20,22). The summed E-state index contributed by atoms with van der Waals surface area (Å²) in [5.41, 5.74) is 4.62. The second-order valence-electron chi connectivity index (χ2n) is 5.28. The number of carbonyl (C=O) groups excluding carboxylic acids is 2. The van der Waals surface area contributed by atoms with Gasteiger partial charge in [-0.15, -0.1) is 0 Å². The van der Waals surface area contributed by atoms with Crippen LogP contribution in [0.2, 0.25) is 5.02 Å². The zero-order valence-corrected chi connectivity index (χ0v) is 13.7. The summed E-state index contributed by atoms with van der Waals surface area (Å²) in [6, 6.07) is 6.66. The Kier molecular flexibility index (Phi) is 4.68. The summed E-state index contributed by atoms with van der Waals surface area (Å²) < 4.78 is 0. The Morgan fingerprint density at radius 2 is 2.25 bits per heavy atom. The summed E-state index contributed by atoms with van der Waals surface area (Å²) in [7, 11) is 1.35. The number of carbonyl (C=O) groups is 2. The zero-order valence-electron chi connectivity index (χ0n) is 12.9. The van der Waals surface area contributed by atoms with Crippen LogP contribution in [0, 0.1) is 0 Å². The fourth-order valence-electron chi connectivity index (χ4n) is 2.57. The highest BCUT2D eigenvalue weighted by Crippen LogP contribution is 2.22. The van der Waals surface area contributed by atoms with Crippen molar-refractivity contribution in [3.05, 3.63) is 46.2 Å². The van der Waals surface area contributed by atoms with Crippen molar-refractivity contribution >= 4 is 29.2 Å². The van der Waals surface area contributed by atoms with Gasteiger partial charge < -0.3 is 10.2 Å². The number of hydrogen-bond donors (Lipinski definition) is 3. The summed E-state index contributed by atoms with van der Waals surface area (Å²) >= 11 is 5.92. The molecule has 9 heteroatoms. The average Bonchev–Trinajstić information content (AvgIpc) is 2.98. The molecule has 0 unspecified atom stereocenters. The normalized spacial score (nSPS) is 13.3. The van der Waals surface area contributed by atoms with Crippen molar-refractivity contribution < 1.29 is 14.4 Å². The molecule has 0 atom stereocenters. The minimum atomic E-state index is -0.452. The summed E-state index contributed by atoms with van der Waals surface area (Å²) in [5, 5.41) is 10.2. The SMILES string of the molecule is CONC(=O)c1n[nH]c2c1CN(C(=O)Nc1cccc(Cl)c1)CC2. The topological polar surface area (TPSA) is 99.3 Å². The molecule has 24 heavy (non-hydrogen) atoms. The number of aromatic nitrogens is 2. The molecule has 0 fully saturated rings. The Morgan fingerprint density at radius 3 is 3.00 bits per heavy atom. The van der Waals surface area contributed by atoms with Gasteiger partial charge in [-0.2, -0.15) is 5.10 Å². The van der Waals surface area contributed by atoms with E-state index in [1.54, 1.807) is 29.2 Å². The fourth-order valence-corrected chi connectivity index (χ4v) is 2.76. The van der Waals surface area contributed by atoms with Crippen LogP contribution in [0.5, 0.6) is 0 Å². The van der Waals surface area contributed by atoms with E-state index >= 15 is 0 Å². The molecule has 0 aliphatic carbocycles. The van der Waals surface area contributed by atoms with Gasteiger partial charge in [-0.1, -0.05) is 17.7 Å². The van der Waals surface area contributed by atoms with E-state index in [0.717, 1.165) is 5.69 Å². The zero-order chi connectivity index (χ0) is 17.1. The van der Waals surface area contributed by atoms with Crippen LogP contribution < -0.4 is 10.8 Å². The van der Waals surface area contributed by atoms with E-state index in [-0.39, 0.29) is 18.3 Å². The van der Waals surface area contributed by atoms with Gasteiger partial charge in [-0.25, -0.2) is 10.3 Å². The second kappa shape index (κ2) is 6.90. The van der Waals surface area contributed by atoms with Gasteiger partial charge in [0.05, 0.1) is 13.7 Å². The molecular formula is C15H16ClN5O3. The number of halogens is 1. The molecule has 3 rings (SSSR count). The van der Waals surface area contributed by atoms with Crippen LogP contribution in [-0.4, -0.2) is 40.7 Å². The third kappa shape index (κ3) is 3.34. The number of benzene rings is 1. The van der Waals surface area contributed by atoms with E-state index < -0.39 is 5.91 Å². The predicted octanol–water partition coefficient (Wildman–Crippen LogP) is 1.94. The lowest BCUT2D eigenvalue weighted by molar-refractivity contribution is 0.0530. The molecule has 0 saturated heterocycles. The van der Waals surface area contributed by atoms with Gasteiger partial charge >= 0.3 is 6.03 Å². The molecule has 0 saturated carbocycles. The summed E-state index contributed by atoms with van der Waals surface area (Å²) in [5.74, 6) is -0.452. The maximum absolute atomic E-state index is 12.4. The summed E-state index contributed by atoms with van der Waals surface area (Å²) in [6.45, 7) is 0.803. The molecule has 1 aromatic carbocycles. The maximum atomic E-state index is 12.4. The van der Waals surface area contributed by atoms with Gasteiger partial charge in [-0.3, -0.25) is 14.7 Å². The lowest BCUT2D eigenvalue weighted by Gasteiger charge is -2.27. The van der Waals surface area contributed by atoms with Crippen molar-refractivity contribution in [3.63, 3.8) is 0 Å². The smallest absolute Gasteiger partial charge is 0.320 e. The number of amides is 3. The molecule has 0 spiro atoms. The average molecular weight is 350 g/mol. The minimum absolute atomic E-state index is 0.229. The third-order valence-electron chi connectivity index (χ3n) is 3.71. The first-order valence-electron chi connectivity index (χ1n) is 7.29. The molecule has 1 aliphatic rings. The molecule has 0 bridgehead atoms. The third-order valence-corrected chi connectivity index (χ3v) is 3.94. The predicted molar refractivity (Wildman–Crippen MR) is 87.6 cm³/mol. The van der Waals surface area contributed by atoms with Crippen LogP contribution in [-0.2, 0) is 17.8 Å². The lowest BCUT2D eigenvalue weighted by atomic mass is 10.1. The highest BCUT2D eigenvalue weighted by Gasteiger charge is 2.27. The van der Waals surface area contributed by atoms with Crippen LogP contribution in [0.4, 0.5) is 10.5 Å². The number of aromatic amines is 1. The number of H-pyrrole nitrogens is 1. The van der Waals surface area contributed by atoms with Crippen LogP contribution >= 0.6 is 11.6 Å². The van der Waals surface area contributed by atoms with Crippen molar-refractivity contribution in [1.82, 2.24) is 20.6 Å². The highest BCUT2D eigenvalue weighted by atomic mass is 35.5. The Labute approximate surface area is 143 Å². The maximum Gasteiger partial charge on any atom is 0.322 e. The highest BCUT2D eigenvalue weighted by molar-refractivity contribution is 6.30. The van der Waals surface area contributed by atoms with E-state index in [0.29, 0.717) is 29.2 Å². The first kappa shape index (κ1) is 16.3. The Balaban J connectivity index is 1.73. The van der Waals surface area contributed by atoms with Crippen molar-refractivity contribution in [3.8, 4) is 0 Å². The van der Waals surface area contributed by atoms with Crippen molar-refractivity contribution in [2.24, 2.45) is 0 Å². The van der Waals surface area contributed by atoms with Crippen LogP contribution in [0.25, 0.3) is 0 Å². The lowest BCUT2D eigenvalue weighted by Crippen LogP contribution is -2.39. The molecule has 3 amide bonds. The van der Waals surface area contributed by atoms with Crippen LogP contribution in [0.3, 0.4) is 0 Å². The van der Waals surface area contributed by atoms with Gasteiger partial charge in [0.25, 0.3) is 5.91 Å². The molecular weight excluding hydrogens is 334 g/mol. The summed E-state index contributed by atoms with van der Waals surface area (Å²) in [6.07, 6.45) is 0.589. The van der Waals surface area contributed by atoms with Crippen molar-refractivity contribution in [2.75, 3.05) is 19.0 Å². The fraction of sp³-hybridized carbons (Fsp3) is 0.267. The first-order valence-corrected chi connectivity index (χ1v) is 7.67. The monoisotopic (exact) mass is 349 g/mol. The molecule has 2 heterocycles. The van der Waals surface area contributed by atoms with Gasteiger partial charge in [0.2, 0.25) is 0 Å². The first-order chi connectivity index (χ1) is 11.6. The number of rotatable bonds is 3. The van der Waals surface area contributed by atoms with E-state index in [9.17, 15) is 9.59 Å². The number of hydroxylamine groups is 1. The molecule has 3 N–H and O–H groups in total. The largest absolute Gasteiger partial charge is 0.322 e. The molecule has 0 radical (unpaired) electrons. The van der Waals surface area contributed by atoms with E-state index in [1.807, 2.05) is 0 Å². The van der Waals surface area contributed by atoms with Crippen LogP contribution in [0.15, 0.2) is 24.3 Å². The Morgan fingerprint density at radius 1 is 1.42 bits per heavy atom. The van der Waals surface area contributed by atoms with Gasteiger partial charge in [0.15, 0.2) is 5.69 Å². The van der Waals surface area contributed by atoms with Crippen molar-refractivity contribution in [2.45, 2.75) is 13.0 Å². The van der Waals surface area contributed by atoms with E-state index in [4.69, 9.17) is 11.6 Å². The number of urea groups is 1. The van der Waals surface area contributed by atoms with Gasteiger partial charge in [-0.05, 0) is 18.2 Å². The minimum Gasteiger partial charge on any atom is -0.320 e. The Bertz CT molecular complexity index is 776. The van der Waals surface area contributed by atoms with Crippen LogP contribution in [0.1, 0.15) is 21.7 Å². The molecule has 126 valence electrons. The van der Waals surface area contributed by atoms with Gasteiger partial charge in [0, 0.05) is 34.9 Å². The molecule has 8 nitrogen and oxygen atoms in total.